The molecule has 1 aliphatic carbocycles. The number of carboxylic acids is 1. The van der Waals surface area contributed by atoms with Gasteiger partial charge >= 0.3 is 5.97 Å². The molecule has 0 bridgehead atoms. The molecule has 6 heteroatoms. The Morgan fingerprint density at radius 3 is 2.48 bits per heavy atom. The zero-order chi connectivity index (χ0) is 15.5. The van der Waals surface area contributed by atoms with E-state index in [2.05, 4.69) is 5.32 Å². The molecule has 5 nitrogen and oxygen atoms in total. The number of hydrogen-bond donors (Lipinski definition) is 3. The van der Waals surface area contributed by atoms with E-state index in [0.717, 1.165) is 19.3 Å². The Labute approximate surface area is 128 Å². The number of aliphatic carboxylic acids is 1. The summed E-state index contributed by atoms with van der Waals surface area (Å²) in [7, 11) is 0. The summed E-state index contributed by atoms with van der Waals surface area (Å²) in [6, 6.07) is 4.83. The summed E-state index contributed by atoms with van der Waals surface area (Å²) in [5.41, 5.74) is 5.43. The number of amides is 1. The number of carboxylic acid groups (broad SMARTS) is 1. The van der Waals surface area contributed by atoms with Crippen molar-refractivity contribution in [2.24, 2.45) is 11.1 Å². The van der Waals surface area contributed by atoms with Crippen LogP contribution in [0, 0.1) is 5.41 Å². The molecule has 1 amide bonds. The van der Waals surface area contributed by atoms with Gasteiger partial charge in [0.15, 0.2) is 0 Å². The SMILES string of the molecule is NC(=O)c1ccc(NCC2(C(=O)O)CCCCC2)cc1Cl. The molecule has 0 aromatic heterocycles. The van der Waals surface area contributed by atoms with Crippen molar-refractivity contribution < 1.29 is 14.7 Å². The number of benzene rings is 1. The van der Waals surface area contributed by atoms with E-state index in [1.807, 2.05) is 0 Å². The largest absolute Gasteiger partial charge is 0.481 e. The molecule has 0 aliphatic heterocycles. The van der Waals surface area contributed by atoms with E-state index in [0.29, 0.717) is 25.1 Å². The highest BCUT2D eigenvalue weighted by Gasteiger charge is 2.39. The third-order valence-electron chi connectivity index (χ3n) is 4.13. The van der Waals surface area contributed by atoms with E-state index in [4.69, 9.17) is 17.3 Å². The minimum atomic E-state index is -0.755. The van der Waals surface area contributed by atoms with Gasteiger partial charge in [0.1, 0.15) is 0 Å². The first-order valence-electron chi connectivity index (χ1n) is 7.01. The van der Waals surface area contributed by atoms with Gasteiger partial charge in [0.05, 0.1) is 16.0 Å². The zero-order valence-corrected chi connectivity index (χ0v) is 12.4. The van der Waals surface area contributed by atoms with Crippen LogP contribution in [-0.2, 0) is 4.79 Å². The van der Waals surface area contributed by atoms with Gasteiger partial charge in [-0.15, -0.1) is 0 Å². The molecule has 0 heterocycles. The molecule has 21 heavy (non-hydrogen) atoms. The van der Waals surface area contributed by atoms with Gasteiger partial charge in [-0.3, -0.25) is 9.59 Å². The van der Waals surface area contributed by atoms with Crippen LogP contribution < -0.4 is 11.1 Å². The van der Waals surface area contributed by atoms with E-state index < -0.39 is 17.3 Å². The second-order valence-electron chi connectivity index (χ2n) is 5.56. The quantitative estimate of drug-likeness (QED) is 0.779. The molecule has 0 unspecified atom stereocenters. The summed E-state index contributed by atoms with van der Waals surface area (Å²) in [5, 5.41) is 12.9. The average molecular weight is 311 g/mol. The van der Waals surface area contributed by atoms with E-state index in [1.165, 1.54) is 0 Å². The van der Waals surface area contributed by atoms with E-state index >= 15 is 0 Å². The third-order valence-corrected chi connectivity index (χ3v) is 4.44. The van der Waals surface area contributed by atoms with Crippen molar-refractivity contribution in [1.82, 2.24) is 0 Å². The molecule has 1 aliphatic rings. The normalized spacial score (nSPS) is 17.2. The summed E-state index contributed by atoms with van der Waals surface area (Å²) in [6.45, 7) is 0.356. The van der Waals surface area contributed by atoms with E-state index in [9.17, 15) is 14.7 Å². The molecular weight excluding hydrogens is 292 g/mol. The second kappa shape index (κ2) is 6.35. The molecule has 2 rings (SSSR count). The van der Waals surface area contributed by atoms with Crippen molar-refractivity contribution in [2.45, 2.75) is 32.1 Å². The summed E-state index contributed by atoms with van der Waals surface area (Å²) in [4.78, 5) is 22.7. The fourth-order valence-electron chi connectivity index (χ4n) is 2.79. The zero-order valence-electron chi connectivity index (χ0n) is 11.7. The van der Waals surface area contributed by atoms with Crippen LogP contribution in [0.2, 0.25) is 5.02 Å². The van der Waals surface area contributed by atoms with Crippen LogP contribution in [0.4, 0.5) is 5.69 Å². The topological polar surface area (TPSA) is 92.4 Å². The highest BCUT2D eigenvalue weighted by atomic mass is 35.5. The van der Waals surface area contributed by atoms with Gasteiger partial charge in [-0.2, -0.15) is 0 Å². The van der Waals surface area contributed by atoms with Crippen LogP contribution >= 0.6 is 11.6 Å². The van der Waals surface area contributed by atoms with Crippen molar-refractivity contribution in [1.29, 1.82) is 0 Å². The van der Waals surface area contributed by atoms with Crippen LogP contribution in [0.1, 0.15) is 42.5 Å². The van der Waals surface area contributed by atoms with Crippen LogP contribution in [0.15, 0.2) is 18.2 Å². The Bertz CT molecular complexity index is 554. The molecule has 1 saturated carbocycles. The predicted octanol–water partition coefficient (Wildman–Crippen LogP) is 2.89. The average Bonchev–Trinajstić information content (AvgIpc) is 2.45. The molecule has 0 radical (unpaired) electrons. The molecule has 1 aromatic carbocycles. The fourth-order valence-corrected chi connectivity index (χ4v) is 3.06. The van der Waals surface area contributed by atoms with Crippen molar-refractivity contribution in [3.8, 4) is 0 Å². The summed E-state index contributed by atoms with van der Waals surface area (Å²) in [6.07, 6.45) is 4.34. The molecule has 0 atom stereocenters. The van der Waals surface area contributed by atoms with Crippen LogP contribution in [0.5, 0.6) is 0 Å². The van der Waals surface area contributed by atoms with Crippen LogP contribution in [0.25, 0.3) is 0 Å². The van der Waals surface area contributed by atoms with Crippen LogP contribution in [0.3, 0.4) is 0 Å². The van der Waals surface area contributed by atoms with Crippen molar-refractivity contribution in [3.63, 3.8) is 0 Å². The lowest BCUT2D eigenvalue weighted by Crippen LogP contribution is -2.39. The standard InChI is InChI=1S/C15H19ClN2O3/c16-12-8-10(4-5-11(12)13(17)19)18-9-15(14(20)21)6-2-1-3-7-15/h4-5,8,18H,1-3,6-7,9H2,(H2,17,19)(H,20,21). The first-order valence-corrected chi connectivity index (χ1v) is 7.39. The smallest absolute Gasteiger partial charge is 0.311 e. The highest BCUT2D eigenvalue weighted by molar-refractivity contribution is 6.34. The van der Waals surface area contributed by atoms with Crippen LogP contribution in [-0.4, -0.2) is 23.5 Å². The number of hydrogen-bond acceptors (Lipinski definition) is 3. The monoisotopic (exact) mass is 310 g/mol. The van der Waals surface area contributed by atoms with Gasteiger partial charge < -0.3 is 16.2 Å². The number of anilines is 1. The fraction of sp³-hybridized carbons (Fsp3) is 0.467. The maximum atomic E-state index is 11.6. The van der Waals surface area contributed by atoms with Crippen molar-refractivity contribution in [2.75, 3.05) is 11.9 Å². The molecule has 1 fully saturated rings. The molecule has 114 valence electrons. The first-order chi connectivity index (χ1) is 9.94. The number of primary amides is 1. The number of rotatable bonds is 5. The maximum absolute atomic E-state index is 11.6. The lowest BCUT2D eigenvalue weighted by atomic mass is 9.74. The minimum absolute atomic E-state index is 0.257. The van der Waals surface area contributed by atoms with Gasteiger partial charge in [0.2, 0.25) is 5.91 Å². The number of nitrogens with one attached hydrogen (secondary N) is 1. The number of carbonyl (C=O) groups excluding carboxylic acids is 1. The third kappa shape index (κ3) is 3.47. The second-order valence-corrected chi connectivity index (χ2v) is 5.97. The van der Waals surface area contributed by atoms with E-state index in [1.54, 1.807) is 18.2 Å². The van der Waals surface area contributed by atoms with Crippen molar-refractivity contribution in [3.05, 3.63) is 28.8 Å². The Morgan fingerprint density at radius 2 is 1.95 bits per heavy atom. The summed E-state index contributed by atoms with van der Waals surface area (Å²) < 4.78 is 0. The lowest BCUT2D eigenvalue weighted by molar-refractivity contribution is -0.150. The minimum Gasteiger partial charge on any atom is -0.481 e. The molecule has 0 spiro atoms. The predicted molar refractivity (Wildman–Crippen MR) is 81.6 cm³/mol. The Kier molecular flexibility index (Phi) is 4.73. The maximum Gasteiger partial charge on any atom is 0.311 e. The molecule has 1 aromatic rings. The van der Waals surface area contributed by atoms with Gasteiger partial charge in [-0.1, -0.05) is 30.9 Å². The first kappa shape index (κ1) is 15.6. The summed E-state index contributed by atoms with van der Waals surface area (Å²) in [5.74, 6) is -1.34. The van der Waals surface area contributed by atoms with Gasteiger partial charge in [-0.25, -0.2) is 0 Å². The lowest BCUT2D eigenvalue weighted by Gasteiger charge is -2.33. The number of carbonyl (C=O) groups is 2. The molecule has 4 N–H and O–H groups in total. The number of halogens is 1. The van der Waals surface area contributed by atoms with E-state index in [-0.39, 0.29) is 10.6 Å². The Hall–Kier alpha value is -1.75. The van der Waals surface area contributed by atoms with Gasteiger partial charge in [0.25, 0.3) is 0 Å². The Morgan fingerprint density at radius 1 is 1.29 bits per heavy atom. The number of nitrogens with two attached hydrogens (primary N) is 1. The van der Waals surface area contributed by atoms with Gasteiger partial charge in [-0.05, 0) is 31.0 Å². The van der Waals surface area contributed by atoms with Gasteiger partial charge in [0, 0.05) is 12.2 Å². The highest BCUT2D eigenvalue weighted by Crippen LogP contribution is 2.37. The molecular formula is C15H19ClN2O3. The molecule has 0 saturated heterocycles. The van der Waals surface area contributed by atoms with Crippen molar-refractivity contribution >= 4 is 29.2 Å². The summed E-state index contributed by atoms with van der Waals surface area (Å²) >= 11 is 5.99. The Balaban J connectivity index is 2.09.